The third-order valence-corrected chi connectivity index (χ3v) is 1.82. The Bertz CT molecular complexity index is 317. The fourth-order valence-electron chi connectivity index (χ4n) is 1.17. The molecule has 0 spiro atoms. The number of carboxylic acids is 1. The molecule has 0 aliphatic heterocycles. The zero-order chi connectivity index (χ0) is 10.0. The molecule has 13 heavy (non-hydrogen) atoms. The lowest BCUT2D eigenvalue weighted by atomic mass is 10.2. The molecule has 1 N–H and O–H groups in total. The molecule has 1 aromatic rings. The highest BCUT2D eigenvalue weighted by Crippen LogP contribution is 2.11. The number of rotatable bonds is 3. The maximum absolute atomic E-state index is 10.4. The number of aliphatic carboxylic acids is 1. The molecule has 0 saturated heterocycles. The smallest absolute Gasteiger partial charge is 0.311 e. The number of nitrogens with zero attached hydrogens (tertiary/aromatic N) is 3. The van der Waals surface area contributed by atoms with Crippen LogP contribution in [0.3, 0.4) is 0 Å². The fraction of sp³-hybridized carbons (Fsp3) is 0.625. The van der Waals surface area contributed by atoms with Crippen LogP contribution in [0, 0.1) is 0 Å². The monoisotopic (exact) mass is 183 g/mol. The van der Waals surface area contributed by atoms with Gasteiger partial charge in [-0.15, -0.1) is 10.2 Å². The highest BCUT2D eigenvalue weighted by atomic mass is 16.4. The Morgan fingerprint density at radius 2 is 2.15 bits per heavy atom. The Morgan fingerprint density at radius 1 is 1.54 bits per heavy atom. The zero-order valence-electron chi connectivity index (χ0n) is 7.98. The van der Waals surface area contributed by atoms with Gasteiger partial charge in [-0.1, -0.05) is 13.8 Å². The summed E-state index contributed by atoms with van der Waals surface area (Å²) in [5, 5.41) is 16.3. The third-order valence-electron chi connectivity index (χ3n) is 1.82. The molecule has 0 saturated carbocycles. The van der Waals surface area contributed by atoms with Crippen LogP contribution in [-0.2, 0) is 18.3 Å². The molecule has 5 heteroatoms. The van der Waals surface area contributed by atoms with E-state index in [2.05, 4.69) is 10.2 Å². The average Bonchev–Trinajstić information content (AvgIpc) is 2.32. The summed E-state index contributed by atoms with van der Waals surface area (Å²) in [4.78, 5) is 10.4. The van der Waals surface area contributed by atoms with E-state index in [4.69, 9.17) is 5.11 Å². The quantitative estimate of drug-likeness (QED) is 0.743. The minimum absolute atomic E-state index is 0.0732. The van der Waals surface area contributed by atoms with Gasteiger partial charge >= 0.3 is 5.97 Å². The molecular weight excluding hydrogens is 170 g/mol. The van der Waals surface area contributed by atoms with Crippen LogP contribution in [0.15, 0.2) is 0 Å². The normalized spacial score (nSPS) is 10.8. The number of hydrogen-bond acceptors (Lipinski definition) is 3. The van der Waals surface area contributed by atoms with Gasteiger partial charge in [-0.25, -0.2) is 0 Å². The molecule has 1 aromatic heterocycles. The van der Waals surface area contributed by atoms with Gasteiger partial charge < -0.3 is 9.67 Å². The first-order valence-electron chi connectivity index (χ1n) is 4.12. The van der Waals surface area contributed by atoms with E-state index in [0.29, 0.717) is 5.82 Å². The van der Waals surface area contributed by atoms with E-state index in [1.165, 1.54) is 0 Å². The van der Waals surface area contributed by atoms with Gasteiger partial charge in [0.15, 0.2) is 0 Å². The van der Waals surface area contributed by atoms with Gasteiger partial charge in [0.05, 0.1) is 0 Å². The molecular formula is C8H13N3O2. The molecule has 1 heterocycles. The van der Waals surface area contributed by atoms with Gasteiger partial charge in [-0.3, -0.25) is 4.79 Å². The Hall–Kier alpha value is -1.39. The molecule has 0 aromatic carbocycles. The second-order valence-corrected chi connectivity index (χ2v) is 3.26. The van der Waals surface area contributed by atoms with Crippen LogP contribution in [0.5, 0.6) is 0 Å². The van der Waals surface area contributed by atoms with E-state index >= 15 is 0 Å². The zero-order valence-corrected chi connectivity index (χ0v) is 7.98. The summed E-state index contributed by atoms with van der Waals surface area (Å²) in [6, 6.07) is 0. The second kappa shape index (κ2) is 3.55. The summed E-state index contributed by atoms with van der Waals surface area (Å²) in [6.07, 6.45) is -0.0732. The van der Waals surface area contributed by atoms with Gasteiger partial charge in [0.1, 0.15) is 18.1 Å². The van der Waals surface area contributed by atoms with Crippen LogP contribution < -0.4 is 0 Å². The summed E-state index contributed by atoms with van der Waals surface area (Å²) in [7, 11) is 1.79. The lowest BCUT2D eigenvalue weighted by Crippen LogP contribution is -2.08. The Kier molecular flexibility index (Phi) is 2.65. The minimum atomic E-state index is -0.884. The molecule has 0 amide bonds. The Labute approximate surface area is 76.4 Å². The van der Waals surface area contributed by atoms with Crippen molar-refractivity contribution in [3.63, 3.8) is 0 Å². The predicted molar refractivity (Wildman–Crippen MR) is 46.4 cm³/mol. The SMILES string of the molecule is CC(C)c1nnc(CC(=O)O)n1C. The molecule has 1 rings (SSSR count). The van der Waals surface area contributed by atoms with Crippen LogP contribution in [0.2, 0.25) is 0 Å². The number of hydrogen-bond donors (Lipinski definition) is 1. The van der Waals surface area contributed by atoms with Crippen molar-refractivity contribution in [2.75, 3.05) is 0 Å². The van der Waals surface area contributed by atoms with Crippen molar-refractivity contribution < 1.29 is 9.90 Å². The standard InChI is InChI=1S/C8H13N3O2/c1-5(2)8-10-9-6(11(8)3)4-7(12)13/h5H,4H2,1-3H3,(H,12,13). The van der Waals surface area contributed by atoms with Crippen LogP contribution >= 0.6 is 0 Å². The maximum atomic E-state index is 10.4. The Morgan fingerprint density at radius 3 is 2.54 bits per heavy atom. The summed E-state index contributed by atoms with van der Waals surface area (Å²) < 4.78 is 1.73. The molecule has 0 bridgehead atoms. The highest BCUT2D eigenvalue weighted by Gasteiger charge is 2.13. The van der Waals surface area contributed by atoms with Gasteiger partial charge in [-0.2, -0.15) is 0 Å². The molecule has 0 aliphatic rings. The minimum Gasteiger partial charge on any atom is -0.481 e. The summed E-state index contributed by atoms with van der Waals surface area (Å²) in [5.41, 5.74) is 0. The average molecular weight is 183 g/mol. The van der Waals surface area contributed by atoms with E-state index in [9.17, 15) is 4.79 Å². The lowest BCUT2D eigenvalue weighted by Gasteiger charge is -2.04. The molecule has 0 atom stereocenters. The van der Waals surface area contributed by atoms with Crippen molar-refractivity contribution in [2.45, 2.75) is 26.2 Å². The van der Waals surface area contributed by atoms with Crippen molar-refractivity contribution in [3.8, 4) is 0 Å². The second-order valence-electron chi connectivity index (χ2n) is 3.26. The molecule has 0 aliphatic carbocycles. The molecule has 72 valence electrons. The number of carbonyl (C=O) groups is 1. The Balaban J connectivity index is 2.92. The largest absolute Gasteiger partial charge is 0.481 e. The maximum Gasteiger partial charge on any atom is 0.311 e. The van der Waals surface area contributed by atoms with Crippen LogP contribution in [0.25, 0.3) is 0 Å². The molecule has 5 nitrogen and oxygen atoms in total. The highest BCUT2D eigenvalue weighted by molar-refractivity contribution is 5.69. The molecule has 0 unspecified atom stereocenters. The summed E-state index contributed by atoms with van der Waals surface area (Å²) in [6.45, 7) is 3.99. The molecule has 0 fully saturated rings. The summed E-state index contributed by atoms with van der Waals surface area (Å²) in [5.74, 6) is 0.693. The van der Waals surface area contributed by atoms with Crippen LogP contribution in [0.4, 0.5) is 0 Å². The van der Waals surface area contributed by atoms with Crippen LogP contribution in [-0.4, -0.2) is 25.8 Å². The number of aromatic nitrogens is 3. The van der Waals surface area contributed by atoms with Crippen LogP contribution in [0.1, 0.15) is 31.4 Å². The van der Waals surface area contributed by atoms with Crippen molar-refractivity contribution in [2.24, 2.45) is 7.05 Å². The van der Waals surface area contributed by atoms with Gasteiger partial charge in [0.2, 0.25) is 0 Å². The first kappa shape index (κ1) is 9.70. The first-order valence-corrected chi connectivity index (χ1v) is 4.12. The predicted octanol–water partition coefficient (Wildman–Crippen LogP) is 0.566. The fourth-order valence-corrected chi connectivity index (χ4v) is 1.17. The first-order chi connectivity index (χ1) is 6.02. The lowest BCUT2D eigenvalue weighted by molar-refractivity contribution is -0.136. The van der Waals surface area contributed by atoms with Gasteiger partial charge in [-0.05, 0) is 0 Å². The van der Waals surface area contributed by atoms with Crippen molar-refractivity contribution in [1.82, 2.24) is 14.8 Å². The van der Waals surface area contributed by atoms with Crippen molar-refractivity contribution >= 4 is 5.97 Å². The van der Waals surface area contributed by atoms with Gasteiger partial charge in [0.25, 0.3) is 0 Å². The van der Waals surface area contributed by atoms with E-state index in [0.717, 1.165) is 5.82 Å². The third kappa shape index (κ3) is 2.05. The van der Waals surface area contributed by atoms with Crippen molar-refractivity contribution in [1.29, 1.82) is 0 Å². The van der Waals surface area contributed by atoms with E-state index < -0.39 is 5.97 Å². The number of carboxylic acid groups (broad SMARTS) is 1. The molecule has 0 radical (unpaired) electrons. The van der Waals surface area contributed by atoms with Crippen molar-refractivity contribution in [3.05, 3.63) is 11.6 Å². The van der Waals surface area contributed by atoms with E-state index in [1.54, 1.807) is 11.6 Å². The van der Waals surface area contributed by atoms with Gasteiger partial charge in [0, 0.05) is 13.0 Å². The topological polar surface area (TPSA) is 68.0 Å². The van der Waals surface area contributed by atoms with E-state index in [1.807, 2.05) is 13.8 Å². The summed E-state index contributed by atoms with van der Waals surface area (Å²) >= 11 is 0. The van der Waals surface area contributed by atoms with E-state index in [-0.39, 0.29) is 12.3 Å².